The maximum absolute atomic E-state index is 12.7. The molecule has 0 saturated carbocycles. The van der Waals surface area contributed by atoms with Gasteiger partial charge in [-0.2, -0.15) is 0 Å². The van der Waals surface area contributed by atoms with E-state index in [2.05, 4.69) is 17.1 Å². The molecule has 1 aliphatic rings. The zero-order chi connectivity index (χ0) is 24.2. The highest BCUT2D eigenvalue weighted by Crippen LogP contribution is 2.29. The molecule has 34 heavy (non-hydrogen) atoms. The summed E-state index contributed by atoms with van der Waals surface area (Å²) in [4.78, 5) is 28.8. The molecule has 1 heterocycles. The van der Waals surface area contributed by atoms with Crippen molar-refractivity contribution in [3.05, 3.63) is 65.7 Å². The minimum absolute atomic E-state index is 0.00000833. The van der Waals surface area contributed by atoms with Crippen molar-refractivity contribution in [1.82, 2.24) is 15.1 Å². The highest BCUT2D eigenvalue weighted by Gasteiger charge is 2.21. The number of ether oxygens (including phenoxy) is 2. The quantitative estimate of drug-likeness (QED) is 0.516. The molecule has 3 rings (SSSR count). The Morgan fingerprint density at radius 3 is 2.44 bits per heavy atom. The summed E-state index contributed by atoms with van der Waals surface area (Å²) in [5.41, 5.74) is 1.96. The average Bonchev–Trinajstić information content (AvgIpc) is 2.87. The van der Waals surface area contributed by atoms with Gasteiger partial charge in [-0.15, -0.1) is 0 Å². The monoisotopic (exact) mass is 465 g/mol. The molecule has 1 fully saturated rings. The number of hydrogen-bond donors (Lipinski definition) is 1. The number of rotatable bonds is 11. The first-order valence-corrected chi connectivity index (χ1v) is 12.0. The van der Waals surface area contributed by atoms with Crippen LogP contribution in [0, 0.1) is 0 Å². The lowest BCUT2D eigenvalue weighted by molar-refractivity contribution is -0.128. The number of carbonyl (C=O) groups is 2. The normalized spacial score (nSPS) is 14.2. The van der Waals surface area contributed by atoms with Crippen LogP contribution in [-0.4, -0.2) is 67.6 Å². The van der Waals surface area contributed by atoms with Gasteiger partial charge in [0.2, 0.25) is 11.8 Å². The number of nitrogens with one attached hydrogen (secondary N) is 1. The van der Waals surface area contributed by atoms with Crippen LogP contribution in [0.2, 0.25) is 0 Å². The van der Waals surface area contributed by atoms with E-state index in [0.717, 1.165) is 23.3 Å². The molecule has 0 unspecified atom stereocenters. The van der Waals surface area contributed by atoms with Crippen LogP contribution < -0.4 is 14.8 Å². The van der Waals surface area contributed by atoms with Gasteiger partial charge in [0.1, 0.15) is 0 Å². The fraction of sp³-hybridized carbons (Fsp3) is 0.407. The molecule has 0 bridgehead atoms. The van der Waals surface area contributed by atoms with Crippen molar-refractivity contribution in [3.63, 3.8) is 0 Å². The van der Waals surface area contributed by atoms with Crippen LogP contribution >= 0.6 is 0 Å². The summed E-state index contributed by atoms with van der Waals surface area (Å²) in [6.07, 6.45) is 4.32. The van der Waals surface area contributed by atoms with Crippen LogP contribution in [-0.2, 0) is 16.1 Å². The predicted octanol–water partition coefficient (Wildman–Crippen LogP) is 3.35. The Hall–Kier alpha value is -3.32. The van der Waals surface area contributed by atoms with E-state index in [-0.39, 0.29) is 11.8 Å². The lowest BCUT2D eigenvalue weighted by Crippen LogP contribution is -2.50. The summed E-state index contributed by atoms with van der Waals surface area (Å²) in [6, 6.07) is 15.6. The third-order valence-corrected chi connectivity index (χ3v) is 5.53. The highest BCUT2D eigenvalue weighted by atomic mass is 16.5. The molecule has 2 amide bonds. The number of benzene rings is 2. The molecular weight excluding hydrogens is 430 g/mol. The molecule has 1 saturated heterocycles. The minimum atomic E-state index is -0.0301. The van der Waals surface area contributed by atoms with Crippen molar-refractivity contribution in [1.29, 1.82) is 0 Å². The standard InChI is InChI=1S/C27H35N3O4/c1-3-18-34-24-12-10-22(19-25(24)33-4-2)11-13-27(32)30-16-14-29(15-17-30)21-26(31)28-20-23-8-6-5-7-9-23/h5-13,19H,3-4,14-18,20-21H2,1-2H3,(H,28,31)/b13-11+. The SMILES string of the molecule is CCCOc1ccc(/C=C/C(=O)N2CCN(CC(=O)NCc3ccccc3)CC2)cc1OCC. The number of carbonyl (C=O) groups excluding carboxylic acids is 2. The molecule has 0 radical (unpaired) electrons. The van der Waals surface area contributed by atoms with E-state index in [1.54, 1.807) is 12.2 Å². The molecule has 7 nitrogen and oxygen atoms in total. The minimum Gasteiger partial charge on any atom is -0.490 e. The van der Waals surface area contributed by atoms with Crippen LogP contribution in [0.1, 0.15) is 31.4 Å². The van der Waals surface area contributed by atoms with Gasteiger partial charge in [-0.05, 0) is 42.7 Å². The summed E-state index contributed by atoms with van der Waals surface area (Å²) < 4.78 is 11.4. The Kier molecular flexibility index (Phi) is 9.98. The van der Waals surface area contributed by atoms with Crippen LogP contribution in [0.4, 0.5) is 0 Å². The lowest BCUT2D eigenvalue weighted by atomic mass is 10.1. The first-order valence-electron chi connectivity index (χ1n) is 12.0. The first-order chi connectivity index (χ1) is 16.6. The zero-order valence-electron chi connectivity index (χ0n) is 20.2. The van der Waals surface area contributed by atoms with Gasteiger partial charge in [-0.1, -0.05) is 43.3 Å². The fourth-order valence-corrected chi connectivity index (χ4v) is 3.68. The van der Waals surface area contributed by atoms with Crippen LogP contribution in [0.3, 0.4) is 0 Å². The molecule has 2 aromatic carbocycles. The van der Waals surface area contributed by atoms with Crippen LogP contribution in [0.15, 0.2) is 54.6 Å². The topological polar surface area (TPSA) is 71.1 Å². The molecule has 0 spiro atoms. The van der Waals surface area contributed by atoms with Crippen LogP contribution in [0.25, 0.3) is 6.08 Å². The van der Waals surface area contributed by atoms with Gasteiger partial charge in [-0.25, -0.2) is 0 Å². The molecular formula is C27H35N3O4. The Bertz CT molecular complexity index is 954. The van der Waals surface area contributed by atoms with E-state index >= 15 is 0 Å². The summed E-state index contributed by atoms with van der Waals surface area (Å²) in [5, 5.41) is 2.96. The molecule has 182 valence electrons. The maximum atomic E-state index is 12.7. The zero-order valence-corrected chi connectivity index (χ0v) is 20.2. The van der Waals surface area contributed by atoms with Crippen molar-refractivity contribution in [2.24, 2.45) is 0 Å². The molecule has 0 aromatic heterocycles. The third kappa shape index (κ3) is 7.92. The van der Waals surface area contributed by atoms with Gasteiger partial charge in [-0.3, -0.25) is 14.5 Å². The number of hydrogen-bond acceptors (Lipinski definition) is 5. The van der Waals surface area contributed by atoms with Gasteiger partial charge in [0.25, 0.3) is 0 Å². The van der Waals surface area contributed by atoms with E-state index in [1.165, 1.54) is 0 Å². The molecule has 0 atom stereocenters. The van der Waals surface area contributed by atoms with Gasteiger partial charge >= 0.3 is 0 Å². The first kappa shape index (κ1) is 25.3. The Labute approximate surface area is 202 Å². The molecule has 1 N–H and O–H groups in total. The van der Waals surface area contributed by atoms with Crippen molar-refractivity contribution in [2.45, 2.75) is 26.8 Å². The number of nitrogens with zero attached hydrogens (tertiary/aromatic N) is 2. The van der Waals surface area contributed by atoms with E-state index in [1.807, 2.05) is 60.4 Å². The Morgan fingerprint density at radius 1 is 0.971 bits per heavy atom. The molecule has 0 aliphatic carbocycles. The van der Waals surface area contributed by atoms with Crippen molar-refractivity contribution in [3.8, 4) is 11.5 Å². The van der Waals surface area contributed by atoms with E-state index in [4.69, 9.17) is 9.47 Å². The second-order valence-electron chi connectivity index (χ2n) is 8.18. The van der Waals surface area contributed by atoms with E-state index in [9.17, 15) is 9.59 Å². The van der Waals surface area contributed by atoms with Gasteiger partial charge in [0, 0.05) is 38.8 Å². The average molecular weight is 466 g/mol. The van der Waals surface area contributed by atoms with Crippen molar-refractivity contribution < 1.29 is 19.1 Å². The van der Waals surface area contributed by atoms with Crippen molar-refractivity contribution >= 4 is 17.9 Å². The van der Waals surface area contributed by atoms with Crippen molar-refractivity contribution in [2.75, 3.05) is 45.9 Å². The lowest BCUT2D eigenvalue weighted by Gasteiger charge is -2.33. The smallest absolute Gasteiger partial charge is 0.246 e. The van der Waals surface area contributed by atoms with E-state index in [0.29, 0.717) is 58.2 Å². The predicted molar refractivity (Wildman–Crippen MR) is 134 cm³/mol. The Morgan fingerprint density at radius 2 is 1.74 bits per heavy atom. The number of piperazine rings is 1. The van der Waals surface area contributed by atoms with Gasteiger partial charge in [0.15, 0.2) is 11.5 Å². The summed E-state index contributed by atoms with van der Waals surface area (Å²) >= 11 is 0. The molecule has 2 aromatic rings. The summed E-state index contributed by atoms with van der Waals surface area (Å²) in [6.45, 7) is 8.60. The number of amides is 2. The maximum Gasteiger partial charge on any atom is 0.246 e. The second-order valence-corrected chi connectivity index (χ2v) is 8.18. The molecule has 7 heteroatoms. The third-order valence-electron chi connectivity index (χ3n) is 5.53. The highest BCUT2D eigenvalue weighted by molar-refractivity contribution is 5.92. The Balaban J connectivity index is 1.45. The summed E-state index contributed by atoms with van der Waals surface area (Å²) in [5.74, 6) is 1.37. The fourth-order valence-electron chi connectivity index (χ4n) is 3.68. The largest absolute Gasteiger partial charge is 0.490 e. The second kappa shape index (κ2) is 13.4. The van der Waals surface area contributed by atoms with Gasteiger partial charge < -0.3 is 19.7 Å². The van der Waals surface area contributed by atoms with E-state index < -0.39 is 0 Å². The van der Waals surface area contributed by atoms with Crippen LogP contribution in [0.5, 0.6) is 11.5 Å². The summed E-state index contributed by atoms with van der Waals surface area (Å²) in [7, 11) is 0. The van der Waals surface area contributed by atoms with Gasteiger partial charge in [0.05, 0.1) is 19.8 Å². The molecule has 1 aliphatic heterocycles.